The summed E-state index contributed by atoms with van der Waals surface area (Å²) >= 11 is 0. The molecular formula is C13H26N2O2. The Morgan fingerprint density at radius 1 is 1.47 bits per heavy atom. The van der Waals surface area contributed by atoms with Crippen molar-refractivity contribution in [3.63, 3.8) is 0 Å². The number of piperidine rings is 1. The SMILES string of the molecule is COC1CN(C2CCC(N)(CO)C2)CCC1C. The highest BCUT2D eigenvalue weighted by molar-refractivity contribution is 4.98. The van der Waals surface area contributed by atoms with E-state index in [-0.39, 0.29) is 12.1 Å². The first kappa shape index (κ1) is 13.3. The van der Waals surface area contributed by atoms with Gasteiger partial charge in [-0.05, 0) is 38.1 Å². The van der Waals surface area contributed by atoms with Crippen LogP contribution >= 0.6 is 0 Å². The van der Waals surface area contributed by atoms with Crippen LogP contribution in [0.5, 0.6) is 0 Å². The van der Waals surface area contributed by atoms with Crippen molar-refractivity contribution in [2.24, 2.45) is 11.7 Å². The van der Waals surface area contributed by atoms with E-state index in [0.29, 0.717) is 18.1 Å². The Bertz CT molecular complexity index is 262. The number of likely N-dealkylation sites (tertiary alicyclic amines) is 1. The quantitative estimate of drug-likeness (QED) is 0.760. The highest BCUT2D eigenvalue weighted by Crippen LogP contribution is 2.33. The zero-order valence-electron chi connectivity index (χ0n) is 11.1. The minimum Gasteiger partial charge on any atom is -0.394 e. The first-order valence-electron chi connectivity index (χ1n) is 6.74. The monoisotopic (exact) mass is 242 g/mol. The summed E-state index contributed by atoms with van der Waals surface area (Å²) in [5, 5.41) is 9.31. The first-order chi connectivity index (χ1) is 8.08. The fraction of sp³-hybridized carbons (Fsp3) is 1.00. The molecule has 1 aliphatic carbocycles. The average molecular weight is 242 g/mol. The fourth-order valence-corrected chi connectivity index (χ4v) is 3.28. The maximum atomic E-state index is 9.31. The van der Waals surface area contributed by atoms with Gasteiger partial charge in [-0.15, -0.1) is 0 Å². The van der Waals surface area contributed by atoms with Gasteiger partial charge in [0.05, 0.1) is 12.7 Å². The summed E-state index contributed by atoms with van der Waals surface area (Å²) in [7, 11) is 1.81. The number of rotatable bonds is 3. The highest BCUT2D eigenvalue weighted by atomic mass is 16.5. The molecule has 1 saturated carbocycles. The maximum Gasteiger partial charge on any atom is 0.0724 e. The van der Waals surface area contributed by atoms with Crippen molar-refractivity contribution in [2.45, 2.75) is 50.3 Å². The summed E-state index contributed by atoms with van der Waals surface area (Å²) < 4.78 is 5.55. The molecule has 1 heterocycles. The topological polar surface area (TPSA) is 58.7 Å². The third kappa shape index (κ3) is 2.81. The molecule has 4 atom stereocenters. The van der Waals surface area contributed by atoms with E-state index in [1.165, 1.54) is 6.42 Å². The van der Waals surface area contributed by atoms with Gasteiger partial charge in [0.1, 0.15) is 0 Å². The van der Waals surface area contributed by atoms with Gasteiger partial charge in [0.25, 0.3) is 0 Å². The van der Waals surface area contributed by atoms with Crippen molar-refractivity contribution in [3.8, 4) is 0 Å². The second-order valence-electron chi connectivity index (χ2n) is 5.95. The van der Waals surface area contributed by atoms with Gasteiger partial charge in [0.15, 0.2) is 0 Å². The normalized spacial score (nSPS) is 44.1. The van der Waals surface area contributed by atoms with E-state index < -0.39 is 0 Å². The molecule has 0 amide bonds. The molecule has 1 aliphatic heterocycles. The number of methoxy groups -OCH3 is 1. The Hall–Kier alpha value is -0.160. The zero-order chi connectivity index (χ0) is 12.5. The average Bonchev–Trinajstić information content (AvgIpc) is 2.73. The van der Waals surface area contributed by atoms with Crippen LogP contribution < -0.4 is 5.73 Å². The lowest BCUT2D eigenvalue weighted by Gasteiger charge is -2.40. The van der Waals surface area contributed by atoms with Crippen molar-refractivity contribution in [1.29, 1.82) is 0 Å². The molecule has 0 aromatic carbocycles. The second-order valence-corrected chi connectivity index (χ2v) is 5.95. The number of nitrogens with zero attached hydrogens (tertiary/aromatic N) is 1. The van der Waals surface area contributed by atoms with Gasteiger partial charge in [-0.25, -0.2) is 0 Å². The van der Waals surface area contributed by atoms with Crippen molar-refractivity contribution in [2.75, 3.05) is 26.8 Å². The molecule has 4 heteroatoms. The van der Waals surface area contributed by atoms with Crippen molar-refractivity contribution in [1.82, 2.24) is 4.90 Å². The van der Waals surface area contributed by atoms with Crippen LogP contribution in [0, 0.1) is 5.92 Å². The lowest BCUT2D eigenvalue weighted by molar-refractivity contribution is -0.0192. The van der Waals surface area contributed by atoms with Crippen LogP contribution in [0.3, 0.4) is 0 Å². The second kappa shape index (κ2) is 5.22. The minimum atomic E-state index is -0.337. The van der Waals surface area contributed by atoms with E-state index in [9.17, 15) is 5.11 Å². The first-order valence-corrected chi connectivity index (χ1v) is 6.74. The number of aliphatic hydroxyl groups excluding tert-OH is 1. The number of hydrogen-bond donors (Lipinski definition) is 2. The molecule has 2 fully saturated rings. The Labute approximate surface area is 104 Å². The lowest BCUT2D eigenvalue weighted by atomic mass is 9.94. The molecule has 1 saturated heterocycles. The van der Waals surface area contributed by atoms with Crippen LogP contribution in [0.2, 0.25) is 0 Å². The Morgan fingerprint density at radius 2 is 2.24 bits per heavy atom. The number of hydrogen-bond acceptors (Lipinski definition) is 4. The predicted molar refractivity (Wildman–Crippen MR) is 67.8 cm³/mol. The fourth-order valence-electron chi connectivity index (χ4n) is 3.28. The summed E-state index contributed by atoms with van der Waals surface area (Å²) in [4.78, 5) is 2.51. The molecule has 0 aromatic rings. The number of aliphatic hydroxyl groups is 1. The summed E-state index contributed by atoms with van der Waals surface area (Å²) in [5.74, 6) is 0.651. The molecule has 3 N–H and O–H groups in total. The smallest absolute Gasteiger partial charge is 0.0724 e. The van der Waals surface area contributed by atoms with Gasteiger partial charge in [0, 0.05) is 25.2 Å². The molecule has 2 aliphatic rings. The van der Waals surface area contributed by atoms with E-state index in [1.807, 2.05) is 0 Å². The Balaban J connectivity index is 1.91. The summed E-state index contributed by atoms with van der Waals surface area (Å²) in [5.41, 5.74) is 5.80. The Kier molecular flexibility index (Phi) is 4.08. The number of nitrogens with two attached hydrogens (primary N) is 1. The molecular weight excluding hydrogens is 216 g/mol. The minimum absolute atomic E-state index is 0.113. The summed E-state index contributed by atoms with van der Waals surface area (Å²) in [6.07, 6.45) is 4.53. The largest absolute Gasteiger partial charge is 0.394 e. The van der Waals surface area contributed by atoms with E-state index >= 15 is 0 Å². The van der Waals surface area contributed by atoms with Crippen LogP contribution in [-0.4, -0.2) is 54.5 Å². The standard InChI is InChI=1S/C13H26N2O2/c1-10-4-6-15(8-12(10)17-2)11-3-5-13(14,7-11)9-16/h10-12,16H,3-9,14H2,1-2H3. The van der Waals surface area contributed by atoms with E-state index in [0.717, 1.165) is 32.4 Å². The van der Waals surface area contributed by atoms with Crippen LogP contribution in [0.4, 0.5) is 0 Å². The van der Waals surface area contributed by atoms with Crippen LogP contribution in [-0.2, 0) is 4.74 Å². The molecule has 0 aromatic heterocycles. The molecule has 0 radical (unpaired) electrons. The Morgan fingerprint density at radius 3 is 2.82 bits per heavy atom. The predicted octanol–water partition coefficient (Wildman–Crippen LogP) is 0.586. The van der Waals surface area contributed by atoms with E-state index in [1.54, 1.807) is 7.11 Å². The van der Waals surface area contributed by atoms with Crippen LogP contribution in [0.15, 0.2) is 0 Å². The van der Waals surface area contributed by atoms with Gasteiger partial charge in [-0.2, -0.15) is 0 Å². The molecule has 17 heavy (non-hydrogen) atoms. The van der Waals surface area contributed by atoms with Crippen molar-refractivity contribution < 1.29 is 9.84 Å². The van der Waals surface area contributed by atoms with Gasteiger partial charge in [-0.1, -0.05) is 6.92 Å². The van der Waals surface area contributed by atoms with E-state index in [4.69, 9.17) is 10.5 Å². The molecule has 4 unspecified atom stereocenters. The third-order valence-electron chi connectivity index (χ3n) is 4.67. The van der Waals surface area contributed by atoms with E-state index in [2.05, 4.69) is 11.8 Å². The maximum absolute atomic E-state index is 9.31. The van der Waals surface area contributed by atoms with Crippen molar-refractivity contribution >= 4 is 0 Å². The molecule has 0 spiro atoms. The summed E-state index contributed by atoms with van der Waals surface area (Å²) in [6.45, 7) is 4.54. The molecule has 2 rings (SSSR count). The molecule has 0 bridgehead atoms. The highest BCUT2D eigenvalue weighted by Gasteiger charge is 2.40. The van der Waals surface area contributed by atoms with Gasteiger partial charge >= 0.3 is 0 Å². The third-order valence-corrected chi connectivity index (χ3v) is 4.67. The summed E-state index contributed by atoms with van der Waals surface area (Å²) in [6, 6.07) is 0.539. The van der Waals surface area contributed by atoms with Crippen LogP contribution in [0.25, 0.3) is 0 Å². The van der Waals surface area contributed by atoms with Crippen LogP contribution in [0.1, 0.15) is 32.6 Å². The van der Waals surface area contributed by atoms with Gasteiger partial charge in [0.2, 0.25) is 0 Å². The molecule has 100 valence electrons. The molecule has 4 nitrogen and oxygen atoms in total. The van der Waals surface area contributed by atoms with Gasteiger partial charge in [-0.3, -0.25) is 4.90 Å². The lowest BCUT2D eigenvalue weighted by Crippen LogP contribution is -2.49. The number of ether oxygens (including phenoxy) is 1. The zero-order valence-corrected chi connectivity index (χ0v) is 11.1. The van der Waals surface area contributed by atoms with Gasteiger partial charge < -0.3 is 15.6 Å². The van der Waals surface area contributed by atoms with Crippen molar-refractivity contribution in [3.05, 3.63) is 0 Å².